The van der Waals surface area contributed by atoms with Gasteiger partial charge in [0.05, 0.1) is 33.5 Å². The van der Waals surface area contributed by atoms with Crippen LogP contribution in [-0.2, 0) is 0 Å². The van der Waals surface area contributed by atoms with Crippen LogP contribution >= 0.6 is 15.9 Å². The molecule has 4 heteroatoms. The minimum absolute atomic E-state index is 0.946. The monoisotopic (exact) mass is 715 g/mol. The molecule has 0 aliphatic heterocycles. The van der Waals surface area contributed by atoms with E-state index in [9.17, 15) is 0 Å². The number of hydrogen-bond acceptors (Lipinski definition) is 1. The lowest BCUT2D eigenvalue weighted by atomic mass is 10.0. The first-order valence-corrected chi connectivity index (χ1v) is 17.9. The molecule has 0 N–H and O–H groups in total. The number of para-hydroxylation sites is 3. The van der Waals surface area contributed by atoms with Gasteiger partial charge >= 0.3 is 0 Å². The van der Waals surface area contributed by atoms with Gasteiger partial charge in [-0.3, -0.25) is 0 Å². The molecule has 240 valence electrons. The summed E-state index contributed by atoms with van der Waals surface area (Å²) in [5.41, 5.74) is 13.5. The predicted molar refractivity (Wildman–Crippen MR) is 217 cm³/mol. The van der Waals surface area contributed by atoms with Crippen molar-refractivity contribution in [2.45, 2.75) is 0 Å². The largest absolute Gasteiger partial charge is 0.309 e. The minimum atomic E-state index is 0.946. The molecule has 0 unspecified atom stereocenters. The molecule has 10 rings (SSSR count). The number of hydrogen-bond donors (Lipinski definition) is 0. The van der Waals surface area contributed by atoms with Crippen LogP contribution in [0.25, 0.3) is 88.6 Å². The Morgan fingerprint density at radius 1 is 0.333 bits per heavy atom. The van der Waals surface area contributed by atoms with Crippen LogP contribution in [0.5, 0.6) is 0 Å². The van der Waals surface area contributed by atoms with E-state index < -0.39 is 0 Å². The molecule has 0 spiro atoms. The first-order chi connectivity index (χ1) is 25.2. The smallest absolute Gasteiger partial charge is 0.0710 e. The van der Waals surface area contributed by atoms with E-state index in [1.165, 1.54) is 60.4 Å². The lowest BCUT2D eigenvalue weighted by Crippen LogP contribution is -1.95. The van der Waals surface area contributed by atoms with Crippen molar-refractivity contribution in [3.8, 4) is 45.0 Å². The third kappa shape index (κ3) is 4.99. The van der Waals surface area contributed by atoms with Gasteiger partial charge in [-0.05, 0) is 90.0 Å². The van der Waals surface area contributed by atoms with Crippen LogP contribution in [0.15, 0.2) is 186 Å². The summed E-state index contributed by atoms with van der Waals surface area (Å²) in [6.45, 7) is 0. The molecule has 3 aromatic heterocycles. The highest BCUT2D eigenvalue weighted by Crippen LogP contribution is 2.38. The van der Waals surface area contributed by atoms with Gasteiger partial charge < -0.3 is 9.13 Å². The molecule has 7 aromatic carbocycles. The molecule has 0 saturated heterocycles. The Bertz CT molecular complexity index is 2920. The second-order valence-corrected chi connectivity index (χ2v) is 13.9. The van der Waals surface area contributed by atoms with Crippen LogP contribution in [0.4, 0.5) is 0 Å². The van der Waals surface area contributed by atoms with E-state index in [0.29, 0.717) is 0 Å². The van der Waals surface area contributed by atoms with Crippen LogP contribution in [0.2, 0.25) is 0 Å². The summed E-state index contributed by atoms with van der Waals surface area (Å²) >= 11 is 3.55. The highest BCUT2D eigenvalue weighted by atomic mass is 79.9. The van der Waals surface area contributed by atoms with Gasteiger partial charge in [-0.25, -0.2) is 4.98 Å². The van der Waals surface area contributed by atoms with Gasteiger partial charge in [-0.15, -0.1) is 0 Å². The lowest BCUT2D eigenvalue weighted by Gasteiger charge is -2.12. The average Bonchev–Trinajstić information content (AvgIpc) is 3.71. The summed E-state index contributed by atoms with van der Waals surface area (Å²) in [5, 5.41) is 4.97. The maximum Gasteiger partial charge on any atom is 0.0710 e. The summed E-state index contributed by atoms with van der Waals surface area (Å²) < 4.78 is 5.82. The van der Waals surface area contributed by atoms with Gasteiger partial charge in [-0.2, -0.15) is 0 Å². The van der Waals surface area contributed by atoms with E-state index in [-0.39, 0.29) is 0 Å². The van der Waals surface area contributed by atoms with E-state index in [2.05, 4.69) is 207 Å². The Labute approximate surface area is 303 Å². The van der Waals surface area contributed by atoms with Crippen LogP contribution in [0.1, 0.15) is 0 Å². The van der Waals surface area contributed by atoms with Gasteiger partial charge in [0.1, 0.15) is 0 Å². The molecule has 0 aliphatic rings. The van der Waals surface area contributed by atoms with Crippen molar-refractivity contribution in [3.05, 3.63) is 186 Å². The average molecular weight is 717 g/mol. The van der Waals surface area contributed by atoms with E-state index in [1.54, 1.807) is 0 Å². The zero-order valence-corrected chi connectivity index (χ0v) is 29.1. The first kappa shape index (κ1) is 29.7. The van der Waals surface area contributed by atoms with E-state index in [1.807, 2.05) is 0 Å². The highest BCUT2D eigenvalue weighted by molar-refractivity contribution is 9.10. The fourth-order valence-electron chi connectivity index (χ4n) is 7.62. The summed E-state index contributed by atoms with van der Waals surface area (Å²) in [6.07, 6.45) is 0. The van der Waals surface area contributed by atoms with Crippen molar-refractivity contribution >= 4 is 59.5 Å². The second-order valence-electron chi connectivity index (χ2n) is 13.0. The zero-order valence-electron chi connectivity index (χ0n) is 27.5. The summed E-state index contributed by atoms with van der Waals surface area (Å²) in [7, 11) is 0. The molecule has 3 nitrogen and oxygen atoms in total. The molecule has 10 aromatic rings. The molecular weight excluding hydrogens is 686 g/mol. The third-order valence-corrected chi connectivity index (χ3v) is 10.5. The molecule has 0 bridgehead atoms. The van der Waals surface area contributed by atoms with Gasteiger partial charge in [0.2, 0.25) is 0 Å². The van der Waals surface area contributed by atoms with Gasteiger partial charge in [0.15, 0.2) is 0 Å². The maximum absolute atomic E-state index is 5.08. The number of nitrogens with zero attached hydrogens (tertiary/aromatic N) is 3. The fourth-order valence-corrected chi connectivity index (χ4v) is 7.88. The minimum Gasteiger partial charge on any atom is -0.309 e. The molecule has 51 heavy (non-hydrogen) atoms. The quantitative estimate of drug-likeness (QED) is 0.174. The van der Waals surface area contributed by atoms with Gasteiger partial charge in [-0.1, -0.05) is 119 Å². The molecule has 0 fully saturated rings. The normalized spacial score (nSPS) is 11.6. The molecule has 0 aliphatic carbocycles. The second kappa shape index (κ2) is 12.0. The lowest BCUT2D eigenvalue weighted by molar-refractivity contribution is 1.18. The topological polar surface area (TPSA) is 22.8 Å². The molecule has 0 amide bonds. The maximum atomic E-state index is 5.08. The first-order valence-electron chi connectivity index (χ1n) is 17.2. The van der Waals surface area contributed by atoms with Gasteiger partial charge in [0, 0.05) is 48.5 Å². The molecule has 0 radical (unpaired) electrons. The SMILES string of the molecule is Brc1ccc(-c2cccc(-c3cccc(-n4c5ccccc5c5ccc(-c6ccc7c(c6)c6ccccc6n7-c6ccccc6)cc54)c3)n2)cc1. The Kier molecular flexibility index (Phi) is 6.97. The van der Waals surface area contributed by atoms with Crippen molar-refractivity contribution in [1.82, 2.24) is 14.1 Å². The van der Waals surface area contributed by atoms with E-state index >= 15 is 0 Å². The van der Waals surface area contributed by atoms with Crippen molar-refractivity contribution in [2.24, 2.45) is 0 Å². The molecule has 0 saturated carbocycles. The van der Waals surface area contributed by atoms with Gasteiger partial charge in [0.25, 0.3) is 0 Å². The summed E-state index contributed by atoms with van der Waals surface area (Å²) in [5.74, 6) is 0. The standard InChI is InChI=1S/C47H30BrN3/c48-35-24-20-31(21-25-35)42-16-9-17-43(49-42)34-10-8-13-37(28-34)51-44-18-6-4-14-38(44)40-26-22-33(30-47(40)51)32-23-27-46-41(29-32)39-15-5-7-19-45(39)50(46)36-11-2-1-3-12-36/h1-30H. The van der Waals surface area contributed by atoms with E-state index in [0.717, 1.165) is 32.7 Å². The number of fused-ring (bicyclic) bond motifs is 6. The van der Waals surface area contributed by atoms with Crippen molar-refractivity contribution in [2.75, 3.05) is 0 Å². The Morgan fingerprint density at radius 2 is 0.882 bits per heavy atom. The fraction of sp³-hybridized carbons (Fsp3) is 0. The number of halogens is 1. The molecule has 3 heterocycles. The van der Waals surface area contributed by atoms with Crippen LogP contribution < -0.4 is 0 Å². The highest BCUT2D eigenvalue weighted by Gasteiger charge is 2.16. The Morgan fingerprint density at radius 3 is 1.67 bits per heavy atom. The predicted octanol–water partition coefficient (Wildman–Crippen LogP) is 13.0. The van der Waals surface area contributed by atoms with Crippen molar-refractivity contribution < 1.29 is 0 Å². The zero-order chi connectivity index (χ0) is 33.9. The number of aromatic nitrogens is 3. The number of benzene rings is 7. The Hall–Kier alpha value is -6.23. The number of rotatable bonds is 5. The third-order valence-electron chi connectivity index (χ3n) is 9.98. The van der Waals surface area contributed by atoms with Crippen molar-refractivity contribution in [1.29, 1.82) is 0 Å². The molecular formula is C47H30BrN3. The van der Waals surface area contributed by atoms with E-state index in [4.69, 9.17) is 4.98 Å². The van der Waals surface area contributed by atoms with Crippen LogP contribution in [-0.4, -0.2) is 14.1 Å². The summed E-state index contributed by atoms with van der Waals surface area (Å²) in [4.78, 5) is 5.08. The van der Waals surface area contributed by atoms with Crippen LogP contribution in [0, 0.1) is 0 Å². The molecule has 0 atom stereocenters. The Balaban J connectivity index is 1.12. The van der Waals surface area contributed by atoms with Crippen molar-refractivity contribution in [3.63, 3.8) is 0 Å². The van der Waals surface area contributed by atoms with Crippen LogP contribution in [0.3, 0.4) is 0 Å². The number of pyridine rings is 1. The summed E-state index contributed by atoms with van der Waals surface area (Å²) in [6, 6.07) is 65.2.